The standard InChI is InChI=1S/C16H20N4O3S/c1-4-5-11-8-14(21)20-16(17-11)24-15(19-20)18-12(9-22-3)13-7-6-10(2)23-13/h6-8,12H,4-5,9H2,1-3H3,(H,18,19). The molecular weight excluding hydrogens is 328 g/mol. The summed E-state index contributed by atoms with van der Waals surface area (Å²) in [5.74, 6) is 1.60. The lowest BCUT2D eigenvalue weighted by Gasteiger charge is -2.14. The van der Waals surface area contributed by atoms with Crippen LogP contribution in [0.15, 0.2) is 27.4 Å². The summed E-state index contributed by atoms with van der Waals surface area (Å²) in [6, 6.07) is 5.17. The fourth-order valence-electron chi connectivity index (χ4n) is 2.45. The van der Waals surface area contributed by atoms with Gasteiger partial charge in [0.15, 0.2) is 0 Å². The fourth-order valence-corrected chi connectivity index (χ4v) is 3.33. The Morgan fingerprint density at radius 1 is 1.46 bits per heavy atom. The molecule has 7 nitrogen and oxygen atoms in total. The van der Waals surface area contributed by atoms with Crippen LogP contribution < -0.4 is 10.9 Å². The minimum Gasteiger partial charge on any atom is -0.464 e. The van der Waals surface area contributed by atoms with Crippen LogP contribution in [0, 0.1) is 6.92 Å². The van der Waals surface area contributed by atoms with E-state index < -0.39 is 0 Å². The molecule has 128 valence electrons. The van der Waals surface area contributed by atoms with Crippen molar-refractivity contribution in [2.45, 2.75) is 32.7 Å². The van der Waals surface area contributed by atoms with Crippen LogP contribution in [-0.2, 0) is 11.2 Å². The average molecular weight is 348 g/mol. The SMILES string of the molecule is CCCc1cc(=O)n2nc(NC(COC)c3ccc(C)o3)sc2n1. The molecule has 0 saturated carbocycles. The first-order chi connectivity index (χ1) is 11.6. The Balaban J connectivity index is 1.90. The van der Waals surface area contributed by atoms with E-state index >= 15 is 0 Å². The van der Waals surface area contributed by atoms with Crippen molar-refractivity contribution in [3.8, 4) is 0 Å². The number of rotatable bonds is 7. The zero-order chi connectivity index (χ0) is 17.1. The number of nitrogens with one attached hydrogen (secondary N) is 1. The lowest BCUT2D eigenvalue weighted by atomic mass is 10.2. The molecule has 8 heteroatoms. The summed E-state index contributed by atoms with van der Waals surface area (Å²) in [4.78, 5) is 17.3. The molecule has 3 rings (SSSR count). The third-order valence-electron chi connectivity index (χ3n) is 3.54. The molecule has 1 atom stereocenters. The molecule has 24 heavy (non-hydrogen) atoms. The molecule has 1 unspecified atom stereocenters. The van der Waals surface area contributed by atoms with Crippen LogP contribution in [0.4, 0.5) is 5.13 Å². The van der Waals surface area contributed by atoms with Gasteiger partial charge in [0.2, 0.25) is 10.1 Å². The van der Waals surface area contributed by atoms with Crippen molar-refractivity contribution in [2.75, 3.05) is 19.0 Å². The predicted octanol–water partition coefficient (Wildman–Crippen LogP) is 2.80. The van der Waals surface area contributed by atoms with Gasteiger partial charge < -0.3 is 14.5 Å². The third-order valence-corrected chi connectivity index (χ3v) is 4.38. The van der Waals surface area contributed by atoms with E-state index in [9.17, 15) is 4.79 Å². The average Bonchev–Trinajstić information content (AvgIpc) is 3.13. The van der Waals surface area contributed by atoms with Crippen LogP contribution in [0.2, 0.25) is 0 Å². The minimum absolute atomic E-state index is 0.162. The van der Waals surface area contributed by atoms with E-state index in [2.05, 4.69) is 22.3 Å². The Morgan fingerprint density at radius 2 is 2.29 bits per heavy atom. The van der Waals surface area contributed by atoms with Gasteiger partial charge in [-0.15, -0.1) is 5.10 Å². The van der Waals surface area contributed by atoms with Crippen LogP contribution in [-0.4, -0.2) is 28.3 Å². The lowest BCUT2D eigenvalue weighted by Crippen LogP contribution is -2.17. The number of furan rings is 1. The zero-order valence-corrected chi connectivity index (χ0v) is 14.7. The first-order valence-corrected chi connectivity index (χ1v) is 8.64. The number of aromatic nitrogens is 3. The monoisotopic (exact) mass is 348 g/mol. The van der Waals surface area contributed by atoms with Crippen LogP contribution in [0.3, 0.4) is 0 Å². The second kappa shape index (κ2) is 7.14. The molecular formula is C16H20N4O3S. The highest BCUT2D eigenvalue weighted by atomic mass is 32.1. The summed E-state index contributed by atoms with van der Waals surface area (Å²) >= 11 is 1.34. The van der Waals surface area contributed by atoms with E-state index in [0.717, 1.165) is 30.1 Å². The van der Waals surface area contributed by atoms with Crippen LogP contribution in [0.25, 0.3) is 4.96 Å². The molecule has 0 aliphatic heterocycles. The van der Waals surface area contributed by atoms with E-state index in [-0.39, 0.29) is 11.6 Å². The van der Waals surface area contributed by atoms with Gasteiger partial charge in [-0.3, -0.25) is 4.79 Å². The van der Waals surface area contributed by atoms with Gasteiger partial charge >= 0.3 is 0 Å². The number of fused-ring (bicyclic) bond motifs is 1. The molecule has 0 saturated heterocycles. The van der Waals surface area contributed by atoms with Crippen molar-refractivity contribution < 1.29 is 9.15 Å². The summed E-state index contributed by atoms with van der Waals surface area (Å²) in [6.45, 7) is 4.37. The first kappa shape index (κ1) is 16.7. The van der Waals surface area contributed by atoms with E-state index in [1.54, 1.807) is 13.2 Å². The number of nitrogens with zero attached hydrogens (tertiary/aromatic N) is 3. The van der Waals surface area contributed by atoms with Gasteiger partial charge in [0.25, 0.3) is 5.56 Å². The maximum atomic E-state index is 12.2. The van der Waals surface area contributed by atoms with Gasteiger partial charge in [-0.1, -0.05) is 24.7 Å². The van der Waals surface area contributed by atoms with E-state index in [4.69, 9.17) is 9.15 Å². The molecule has 1 N–H and O–H groups in total. The minimum atomic E-state index is -0.185. The highest BCUT2D eigenvalue weighted by molar-refractivity contribution is 7.20. The van der Waals surface area contributed by atoms with Gasteiger partial charge in [-0.25, -0.2) is 4.98 Å². The Labute approximate surface area is 143 Å². The maximum Gasteiger partial charge on any atom is 0.275 e. The highest BCUT2D eigenvalue weighted by Gasteiger charge is 2.18. The molecule has 0 radical (unpaired) electrons. The Kier molecular flexibility index (Phi) is 4.96. The summed E-state index contributed by atoms with van der Waals surface area (Å²) < 4.78 is 12.3. The van der Waals surface area contributed by atoms with E-state index in [1.165, 1.54) is 15.9 Å². The lowest BCUT2D eigenvalue weighted by molar-refractivity contribution is 0.178. The van der Waals surface area contributed by atoms with Crippen molar-refractivity contribution >= 4 is 21.4 Å². The van der Waals surface area contributed by atoms with Gasteiger partial charge in [-0.2, -0.15) is 4.52 Å². The number of hydrogen-bond acceptors (Lipinski definition) is 7. The highest BCUT2D eigenvalue weighted by Crippen LogP contribution is 2.25. The molecule has 3 aromatic heterocycles. The summed E-state index contributed by atoms with van der Waals surface area (Å²) in [7, 11) is 1.63. The molecule has 0 bridgehead atoms. The van der Waals surface area contributed by atoms with Crippen molar-refractivity contribution in [3.05, 3.63) is 45.8 Å². The molecule has 0 spiro atoms. The number of aryl methyl sites for hydroxylation is 2. The van der Waals surface area contributed by atoms with Crippen LogP contribution >= 0.6 is 11.3 Å². The molecule has 3 aromatic rings. The number of hydrogen-bond donors (Lipinski definition) is 1. The van der Waals surface area contributed by atoms with Crippen molar-refractivity contribution in [1.82, 2.24) is 14.6 Å². The Morgan fingerprint density at radius 3 is 2.96 bits per heavy atom. The number of anilines is 1. The Hall–Kier alpha value is -2.19. The largest absolute Gasteiger partial charge is 0.464 e. The number of ether oxygens (including phenoxy) is 1. The predicted molar refractivity (Wildman–Crippen MR) is 92.8 cm³/mol. The smallest absolute Gasteiger partial charge is 0.275 e. The second-order valence-electron chi connectivity index (χ2n) is 5.54. The van der Waals surface area contributed by atoms with E-state index in [0.29, 0.717) is 16.7 Å². The second-order valence-corrected chi connectivity index (χ2v) is 6.49. The maximum absolute atomic E-state index is 12.2. The summed E-state index contributed by atoms with van der Waals surface area (Å²) in [5, 5.41) is 8.19. The molecule has 0 amide bonds. The topological polar surface area (TPSA) is 81.7 Å². The molecule has 3 heterocycles. The number of methoxy groups -OCH3 is 1. The van der Waals surface area contributed by atoms with Gasteiger partial charge in [-0.05, 0) is 25.5 Å². The van der Waals surface area contributed by atoms with Crippen molar-refractivity contribution in [3.63, 3.8) is 0 Å². The van der Waals surface area contributed by atoms with Gasteiger partial charge in [0, 0.05) is 18.9 Å². The summed E-state index contributed by atoms with van der Waals surface area (Å²) in [5.41, 5.74) is 0.637. The molecule has 0 aromatic carbocycles. The Bertz CT molecular complexity index is 883. The van der Waals surface area contributed by atoms with Crippen LogP contribution in [0.1, 0.15) is 36.6 Å². The third kappa shape index (κ3) is 3.49. The van der Waals surface area contributed by atoms with Gasteiger partial charge in [0.05, 0.1) is 6.61 Å². The van der Waals surface area contributed by atoms with E-state index in [1.807, 2.05) is 19.1 Å². The normalized spacial score (nSPS) is 12.6. The zero-order valence-electron chi connectivity index (χ0n) is 13.9. The fraction of sp³-hybridized carbons (Fsp3) is 0.438. The first-order valence-electron chi connectivity index (χ1n) is 7.82. The van der Waals surface area contributed by atoms with Gasteiger partial charge in [0.1, 0.15) is 17.6 Å². The summed E-state index contributed by atoms with van der Waals surface area (Å²) in [6.07, 6.45) is 1.73. The van der Waals surface area contributed by atoms with Crippen LogP contribution in [0.5, 0.6) is 0 Å². The van der Waals surface area contributed by atoms with Crippen molar-refractivity contribution in [1.29, 1.82) is 0 Å². The molecule has 0 fully saturated rings. The quantitative estimate of drug-likeness (QED) is 0.707. The van der Waals surface area contributed by atoms with Crippen molar-refractivity contribution in [2.24, 2.45) is 0 Å². The molecule has 0 aliphatic carbocycles. The molecule has 0 aliphatic rings.